The molecule has 5 N–H and O–H groups in total. The third-order valence-corrected chi connectivity index (χ3v) is 6.43. The molecule has 0 bridgehead atoms. The summed E-state index contributed by atoms with van der Waals surface area (Å²) < 4.78 is 52.7. The molecule has 3 rings (SSSR count). The van der Waals surface area contributed by atoms with Gasteiger partial charge in [-0.15, -0.1) is 0 Å². The first kappa shape index (κ1) is 34.8. The van der Waals surface area contributed by atoms with Gasteiger partial charge in [-0.1, -0.05) is 48.5 Å². The molecule has 3 aromatic carbocycles. The molecule has 3 aromatic rings. The number of carbonyl (C=O) groups excluding carboxylic acids is 4. The van der Waals surface area contributed by atoms with E-state index in [9.17, 15) is 37.1 Å². The van der Waals surface area contributed by atoms with E-state index in [1.807, 2.05) is 18.2 Å². The average Bonchev–Trinajstić information content (AvgIpc) is 3.02. The number of Topliss-reactive ketones (excluding diaryl/α,β-unsaturated/α-hetero) is 1. The summed E-state index contributed by atoms with van der Waals surface area (Å²) in [6.07, 6.45) is -7.14. The van der Waals surface area contributed by atoms with Crippen LogP contribution in [-0.4, -0.2) is 66.5 Å². The topological polar surface area (TPSA) is 195 Å². The van der Waals surface area contributed by atoms with Gasteiger partial charge in [-0.05, 0) is 35.7 Å². The SMILES string of the molecule is COc1ccc(-c2ccccc2)cc1C(=O)N[C@H](CCC(=O)OC(=O)C(F)(F)F)COc1cc(C(=N)N)ccc1CC(=O)C(=O)O. The minimum absolute atomic E-state index is 0.0648. The van der Waals surface area contributed by atoms with Crippen LogP contribution in [0.2, 0.25) is 0 Å². The Morgan fingerprint density at radius 1 is 0.957 bits per heavy atom. The Balaban J connectivity index is 1.90. The summed E-state index contributed by atoms with van der Waals surface area (Å²) in [7, 11) is 1.34. The second-order valence-corrected chi connectivity index (χ2v) is 9.70. The normalized spacial score (nSPS) is 11.6. The zero-order chi connectivity index (χ0) is 34.0. The lowest BCUT2D eigenvalue weighted by Crippen LogP contribution is -2.40. The van der Waals surface area contributed by atoms with E-state index in [2.05, 4.69) is 10.1 Å². The number of aliphatic carboxylic acids is 1. The van der Waals surface area contributed by atoms with Gasteiger partial charge in [0, 0.05) is 24.0 Å². The van der Waals surface area contributed by atoms with Crippen LogP contribution in [0.15, 0.2) is 66.7 Å². The van der Waals surface area contributed by atoms with E-state index in [1.54, 1.807) is 30.3 Å². The Labute approximate surface area is 259 Å². The van der Waals surface area contributed by atoms with Crippen molar-refractivity contribution in [3.05, 3.63) is 83.4 Å². The van der Waals surface area contributed by atoms with Crippen molar-refractivity contribution in [3.63, 3.8) is 0 Å². The number of rotatable bonds is 14. The van der Waals surface area contributed by atoms with Crippen molar-refractivity contribution in [2.45, 2.75) is 31.5 Å². The summed E-state index contributed by atoms with van der Waals surface area (Å²) in [5, 5.41) is 19.3. The number of amides is 1. The number of esters is 2. The highest BCUT2D eigenvalue weighted by Gasteiger charge is 2.42. The van der Waals surface area contributed by atoms with E-state index < -0.39 is 61.3 Å². The fourth-order valence-corrected chi connectivity index (χ4v) is 4.10. The summed E-state index contributed by atoms with van der Waals surface area (Å²) >= 11 is 0. The van der Waals surface area contributed by atoms with Gasteiger partial charge in [-0.25, -0.2) is 9.59 Å². The molecule has 12 nitrogen and oxygen atoms in total. The third kappa shape index (κ3) is 9.64. The molecule has 0 saturated heterocycles. The summed E-state index contributed by atoms with van der Waals surface area (Å²) in [6.45, 7) is -0.470. The van der Waals surface area contributed by atoms with Gasteiger partial charge in [0.1, 0.15) is 23.9 Å². The summed E-state index contributed by atoms with van der Waals surface area (Å²) in [6, 6.07) is 16.7. The highest BCUT2D eigenvalue weighted by molar-refractivity contribution is 6.33. The molecule has 0 unspecified atom stereocenters. The molecule has 0 fully saturated rings. The van der Waals surface area contributed by atoms with Crippen molar-refractivity contribution in [2.24, 2.45) is 5.73 Å². The Morgan fingerprint density at radius 2 is 1.65 bits per heavy atom. The molecular formula is C31H28F3N3O9. The van der Waals surface area contributed by atoms with Crippen molar-refractivity contribution < 1.29 is 56.5 Å². The van der Waals surface area contributed by atoms with Crippen LogP contribution in [0, 0.1) is 5.41 Å². The molecule has 0 heterocycles. The van der Waals surface area contributed by atoms with Crippen molar-refractivity contribution in [1.82, 2.24) is 5.32 Å². The van der Waals surface area contributed by atoms with Gasteiger partial charge in [-0.3, -0.25) is 19.8 Å². The standard InChI is InChI=1S/C31H28F3N3O9/c1-44-24-11-9-18(17-5-3-2-4-6-17)13-22(24)28(40)37-21(10-12-26(39)46-30(43)31(32,33)34)16-45-25-15-20(27(35)36)8-7-19(25)14-23(38)29(41)42/h2-9,11,13,15,21H,10,12,14,16H2,1H3,(H3,35,36)(H,37,40)(H,41,42)/t21-/m1/s1. The maximum absolute atomic E-state index is 13.5. The smallest absolute Gasteiger partial charge is 0.491 e. The largest absolute Gasteiger partial charge is 0.496 e. The van der Waals surface area contributed by atoms with E-state index in [4.69, 9.17) is 25.7 Å². The molecule has 0 aliphatic rings. The van der Waals surface area contributed by atoms with Gasteiger partial charge in [0.2, 0.25) is 5.78 Å². The first-order chi connectivity index (χ1) is 21.7. The monoisotopic (exact) mass is 643 g/mol. The number of ketones is 1. The number of carbonyl (C=O) groups is 5. The van der Waals surface area contributed by atoms with Gasteiger partial charge in [0.25, 0.3) is 5.91 Å². The number of amidine groups is 1. The highest BCUT2D eigenvalue weighted by Crippen LogP contribution is 2.27. The van der Waals surface area contributed by atoms with Crippen LogP contribution in [0.4, 0.5) is 13.2 Å². The molecule has 15 heteroatoms. The number of ether oxygens (including phenoxy) is 3. The number of halogens is 3. The quantitative estimate of drug-likeness (QED) is 0.0664. The molecule has 46 heavy (non-hydrogen) atoms. The molecule has 0 spiro atoms. The van der Waals surface area contributed by atoms with Crippen molar-refractivity contribution in [3.8, 4) is 22.6 Å². The Morgan fingerprint density at radius 3 is 2.26 bits per heavy atom. The fraction of sp³-hybridized carbons (Fsp3) is 0.226. The molecule has 0 aromatic heterocycles. The van der Waals surface area contributed by atoms with Gasteiger partial charge < -0.3 is 30.4 Å². The molecule has 0 radical (unpaired) electrons. The lowest BCUT2D eigenvalue weighted by molar-refractivity contribution is -0.201. The maximum Gasteiger partial charge on any atom is 0.491 e. The minimum atomic E-state index is -5.40. The van der Waals surface area contributed by atoms with Crippen LogP contribution in [-0.2, 0) is 30.3 Å². The second kappa shape index (κ2) is 15.3. The number of benzene rings is 3. The molecule has 0 aliphatic heterocycles. The van der Waals surface area contributed by atoms with Gasteiger partial charge in [0.15, 0.2) is 0 Å². The van der Waals surface area contributed by atoms with Crippen LogP contribution in [0.1, 0.15) is 34.3 Å². The number of hydrogen-bond acceptors (Lipinski definition) is 9. The van der Waals surface area contributed by atoms with E-state index in [0.29, 0.717) is 5.56 Å². The maximum atomic E-state index is 13.5. The minimum Gasteiger partial charge on any atom is -0.496 e. The van der Waals surface area contributed by atoms with Crippen molar-refractivity contribution >= 4 is 35.4 Å². The van der Waals surface area contributed by atoms with Gasteiger partial charge >= 0.3 is 24.1 Å². The molecule has 1 amide bonds. The van der Waals surface area contributed by atoms with E-state index in [-0.39, 0.29) is 40.4 Å². The molecule has 1 atom stereocenters. The Hall–Kier alpha value is -5.73. The second-order valence-electron chi connectivity index (χ2n) is 9.70. The molecule has 0 saturated carbocycles. The zero-order valence-electron chi connectivity index (χ0n) is 24.2. The Bertz CT molecular complexity index is 1640. The molecule has 0 aliphatic carbocycles. The number of nitrogens with two attached hydrogens (primary N) is 1. The number of carboxylic acids is 1. The number of carboxylic acid groups (broad SMARTS) is 1. The third-order valence-electron chi connectivity index (χ3n) is 6.43. The predicted molar refractivity (Wildman–Crippen MR) is 155 cm³/mol. The molecular weight excluding hydrogens is 615 g/mol. The van der Waals surface area contributed by atoms with E-state index in [1.165, 1.54) is 25.3 Å². The Kier molecular flexibility index (Phi) is 11.6. The number of hydrogen-bond donors (Lipinski definition) is 4. The van der Waals surface area contributed by atoms with E-state index in [0.717, 1.165) is 5.56 Å². The first-order valence-corrected chi connectivity index (χ1v) is 13.4. The zero-order valence-corrected chi connectivity index (χ0v) is 24.2. The number of alkyl halides is 3. The van der Waals surface area contributed by atoms with Crippen molar-refractivity contribution in [1.29, 1.82) is 5.41 Å². The van der Waals surface area contributed by atoms with Gasteiger partial charge in [0.05, 0.1) is 18.7 Å². The predicted octanol–water partition coefficient (Wildman–Crippen LogP) is 3.43. The first-order valence-electron chi connectivity index (χ1n) is 13.4. The van der Waals surface area contributed by atoms with Crippen LogP contribution < -0.4 is 20.5 Å². The average molecular weight is 644 g/mol. The van der Waals surface area contributed by atoms with Crippen LogP contribution in [0.25, 0.3) is 11.1 Å². The lowest BCUT2D eigenvalue weighted by Gasteiger charge is -2.21. The van der Waals surface area contributed by atoms with Crippen LogP contribution >= 0.6 is 0 Å². The van der Waals surface area contributed by atoms with Crippen LogP contribution in [0.5, 0.6) is 11.5 Å². The lowest BCUT2D eigenvalue weighted by atomic mass is 10.0. The van der Waals surface area contributed by atoms with Crippen molar-refractivity contribution in [2.75, 3.05) is 13.7 Å². The fourth-order valence-electron chi connectivity index (χ4n) is 4.10. The summed E-state index contributed by atoms with van der Waals surface area (Å²) in [4.78, 5) is 59.7. The number of nitrogen functional groups attached to an aromatic ring is 1. The number of nitrogens with one attached hydrogen (secondary N) is 2. The summed E-state index contributed by atoms with van der Waals surface area (Å²) in [5.74, 6) is -8.11. The van der Waals surface area contributed by atoms with E-state index >= 15 is 0 Å². The van der Waals surface area contributed by atoms with Gasteiger partial charge in [-0.2, -0.15) is 13.2 Å². The highest BCUT2D eigenvalue weighted by atomic mass is 19.4. The number of methoxy groups -OCH3 is 1. The molecule has 242 valence electrons. The summed E-state index contributed by atoms with van der Waals surface area (Å²) in [5.41, 5.74) is 7.29. The van der Waals surface area contributed by atoms with Crippen LogP contribution in [0.3, 0.4) is 0 Å².